The predicted molar refractivity (Wildman–Crippen MR) is 121 cm³/mol. The number of nitrogens with zero attached hydrogens (tertiary/aromatic N) is 3. The van der Waals surface area contributed by atoms with Crippen LogP contribution in [0.2, 0.25) is 0 Å². The minimum Gasteiger partial charge on any atom is -0.449 e. The van der Waals surface area contributed by atoms with Crippen LogP contribution in [0.4, 0.5) is 10.6 Å². The molecule has 2 heterocycles. The summed E-state index contributed by atoms with van der Waals surface area (Å²) in [6.45, 7) is 3.11. The van der Waals surface area contributed by atoms with Gasteiger partial charge in [-0.05, 0) is 48.3 Å². The molecule has 2 atom stereocenters. The average Bonchev–Trinajstić information content (AvgIpc) is 3.20. The number of piperazine rings is 1. The van der Waals surface area contributed by atoms with Crippen molar-refractivity contribution in [1.82, 2.24) is 9.27 Å². The number of amides is 1. The number of benzene rings is 1. The molecule has 2 aromatic rings. The van der Waals surface area contributed by atoms with Crippen molar-refractivity contribution in [2.75, 3.05) is 50.5 Å². The molecule has 0 spiro atoms. The van der Waals surface area contributed by atoms with Crippen LogP contribution in [0.15, 0.2) is 24.3 Å². The van der Waals surface area contributed by atoms with E-state index in [9.17, 15) is 13.2 Å². The summed E-state index contributed by atoms with van der Waals surface area (Å²) >= 11 is 1.50. The number of anilines is 1. The predicted octanol–water partition coefficient (Wildman–Crippen LogP) is 3.34. The molecule has 1 aromatic carbocycles. The van der Waals surface area contributed by atoms with E-state index in [1.165, 1.54) is 16.2 Å². The number of ether oxygens (including phenoxy) is 1. The maximum atomic E-state index is 12.6. The normalized spacial score (nSPS) is 22.6. The van der Waals surface area contributed by atoms with Gasteiger partial charge in [0.1, 0.15) is 5.82 Å². The Morgan fingerprint density at radius 1 is 1.10 bits per heavy atom. The van der Waals surface area contributed by atoms with E-state index in [2.05, 4.69) is 21.4 Å². The monoisotopic (exact) mass is 467 g/mol. The molecule has 10 heteroatoms. The van der Waals surface area contributed by atoms with Crippen LogP contribution in [0.25, 0.3) is 10.1 Å². The SMILES string of the molecule is CS(=O)(=O)OC[C@@H]1CCCC[C@H]1COC(=O)N1CCN(c2nsc3ccccc23)CC1. The zero-order chi connectivity index (χ0) is 21.8. The largest absolute Gasteiger partial charge is 0.449 e. The third-order valence-corrected chi connectivity index (χ3v) is 7.56. The molecule has 1 aliphatic heterocycles. The third-order valence-electron chi connectivity index (χ3n) is 6.18. The Morgan fingerprint density at radius 3 is 2.48 bits per heavy atom. The van der Waals surface area contributed by atoms with Crippen molar-refractivity contribution in [1.29, 1.82) is 0 Å². The minimum atomic E-state index is -3.46. The van der Waals surface area contributed by atoms with Crippen molar-refractivity contribution in [3.63, 3.8) is 0 Å². The molecule has 1 aliphatic carbocycles. The van der Waals surface area contributed by atoms with E-state index >= 15 is 0 Å². The summed E-state index contributed by atoms with van der Waals surface area (Å²) in [7, 11) is -3.46. The number of hydrogen-bond donors (Lipinski definition) is 0. The van der Waals surface area contributed by atoms with Crippen LogP contribution in [-0.4, -0.2) is 69.4 Å². The fraction of sp³-hybridized carbons (Fsp3) is 0.619. The number of hydrogen-bond acceptors (Lipinski definition) is 8. The highest BCUT2D eigenvalue weighted by atomic mass is 32.2. The van der Waals surface area contributed by atoms with E-state index in [0.717, 1.165) is 56.2 Å². The van der Waals surface area contributed by atoms with Gasteiger partial charge in [-0.15, -0.1) is 0 Å². The van der Waals surface area contributed by atoms with E-state index in [1.54, 1.807) is 4.90 Å². The lowest BCUT2D eigenvalue weighted by Crippen LogP contribution is -2.49. The van der Waals surface area contributed by atoms with Gasteiger partial charge in [0.25, 0.3) is 10.1 Å². The highest BCUT2D eigenvalue weighted by Gasteiger charge is 2.29. The second kappa shape index (κ2) is 9.70. The molecule has 0 radical (unpaired) electrons. The molecule has 2 fully saturated rings. The molecule has 8 nitrogen and oxygen atoms in total. The Kier molecular flexibility index (Phi) is 6.98. The van der Waals surface area contributed by atoms with Crippen LogP contribution in [0.3, 0.4) is 0 Å². The molecule has 2 aliphatic rings. The lowest BCUT2D eigenvalue weighted by atomic mass is 9.80. The Labute approximate surface area is 187 Å². The molecule has 1 saturated carbocycles. The molecular formula is C21H29N3O5S2. The summed E-state index contributed by atoms with van der Waals surface area (Å²) in [5.74, 6) is 1.23. The van der Waals surface area contributed by atoms with E-state index in [1.807, 2.05) is 12.1 Å². The summed E-state index contributed by atoms with van der Waals surface area (Å²) in [5, 5.41) is 1.16. The number of aromatic nitrogens is 1. The van der Waals surface area contributed by atoms with Crippen LogP contribution < -0.4 is 4.90 Å². The fourth-order valence-electron chi connectivity index (χ4n) is 4.41. The van der Waals surface area contributed by atoms with Gasteiger partial charge >= 0.3 is 6.09 Å². The maximum Gasteiger partial charge on any atom is 0.409 e. The van der Waals surface area contributed by atoms with Crippen molar-refractivity contribution in [3.8, 4) is 0 Å². The Hall–Kier alpha value is -1.91. The highest BCUT2D eigenvalue weighted by Crippen LogP contribution is 2.32. The minimum absolute atomic E-state index is 0.103. The van der Waals surface area contributed by atoms with Gasteiger partial charge in [-0.2, -0.15) is 12.8 Å². The van der Waals surface area contributed by atoms with E-state index in [-0.39, 0.29) is 24.5 Å². The maximum absolute atomic E-state index is 12.6. The van der Waals surface area contributed by atoms with Gasteiger partial charge in [0.2, 0.25) is 0 Å². The van der Waals surface area contributed by atoms with Crippen LogP contribution >= 0.6 is 11.5 Å². The van der Waals surface area contributed by atoms with Crippen molar-refractivity contribution in [2.24, 2.45) is 11.8 Å². The van der Waals surface area contributed by atoms with Gasteiger partial charge in [0, 0.05) is 31.6 Å². The van der Waals surface area contributed by atoms with Gasteiger partial charge < -0.3 is 14.5 Å². The smallest absolute Gasteiger partial charge is 0.409 e. The zero-order valence-electron chi connectivity index (χ0n) is 17.7. The van der Waals surface area contributed by atoms with Gasteiger partial charge in [0.05, 0.1) is 24.2 Å². The molecule has 0 N–H and O–H groups in total. The molecule has 1 aromatic heterocycles. The lowest BCUT2D eigenvalue weighted by Gasteiger charge is -2.35. The van der Waals surface area contributed by atoms with Gasteiger partial charge in [-0.1, -0.05) is 25.0 Å². The van der Waals surface area contributed by atoms with Gasteiger partial charge in [-0.25, -0.2) is 4.79 Å². The van der Waals surface area contributed by atoms with Crippen molar-refractivity contribution < 1.29 is 22.1 Å². The summed E-state index contributed by atoms with van der Waals surface area (Å²) < 4.78 is 39.0. The van der Waals surface area contributed by atoms with Crippen molar-refractivity contribution >= 4 is 43.6 Å². The molecule has 1 amide bonds. The van der Waals surface area contributed by atoms with E-state index in [0.29, 0.717) is 19.7 Å². The van der Waals surface area contributed by atoms with E-state index < -0.39 is 10.1 Å². The molecule has 4 rings (SSSR count). The first-order valence-corrected chi connectivity index (χ1v) is 13.3. The fourth-order valence-corrected chi connectivity index (χ4v) is 5.62. The quantitative estimate of drug-likeness (QED) is 0.602. The van der Waals surface area contributed by atoms with Crippen LogP contribution in [-0.2, 0) is 19.0 Å². The zero-order valence-corrected chi connectivity index (χ0v) is 19.4. The number of rotatable bonds is 6. The summed E-state index contributed by atoms with van der Waals surface area (Å²) in [6.07, 6.45) is 4.72. The average molecular weight is 468 g/mol. The van der Waals surface area contributed by atoms with Gasteiger partial charge in [-0.3, -0.25) is 4.18 Å². The molecule has 0 bridgehead atoms. The van der Waals surface area contributed by atoms with Crippen LogP contribution in [0.1, 0.15) is 25.7 Å². The Balaban J connectivity index is 1.27. The summed E-state index contributed by atoms with van der Waals surface area (Å²) in [5.41, 5.74) is 0. The molecular weight excluding hydrogens is 438 g/mol. The lowest BCUT2D eigenvalue weighted by molar-refractivity contribution is 0.0519. The summed E-state index contributed by atoms with van der Waals surface area (Å²) in [6, 6.07) is 8.20. The molecule has 0 unspecified atom stereocenters. The van der Waals surface area contributed by atoms with Crippen molar-refractivity contribution in [3.05, 3.63) is 24.3 Å². The third kappa shape index (κ3) is 5.67. The van der Waals surface area contributed by atoms with Crippen molar-refractivity contribution in [2.45, 2.75) is 25.7 Å². The first-order valence-electron chi connectivity index (χ1n) is 10.8. The summed E-state index contributed by atoms with van der Waals surface area (Å²) in [4.78, 5) is 16.6. The molecule has 1 saturated heterocycles. The first kappa shape index (κ1) is 22.3. The number of carbonyl (C=O) groups is 1. The second-order valence-electron chi connectivity index (χ2n) is 8.35. The van der Waals surface area contributed by atoms with E-state index in [4.69, 9.17) is 8.92 Å². The molecule has 31 heavy (non-hydrogen) atoms. The number of carbonyl (C=O) groups excluding carboxylic acids is 1. The standard InChI is InChI=1S/C21H29N3O5S2/c1-31(26,27)29-15-17-7-3-2-6-16(17)14-28-21(25)24-12-10-23(11-13-24)20-18-8-4-5-9-19(18)30-22-20/h4-5,8-9,16-17H,2-3,6-7,10-15H2,1H3/t16-,17-/m0/s1. The topological polar surface area (TPSA) is 89.0 Å². The Bertz CT molecular complexity index is 1000. The van der Waals surface area contributed by atoms with Gasteiger partial charge in [0.15, 0.2) is 0 Å². The number of fused-ring (bicyclic) bond motifs is 1. The molecule has 170 valence electrons. The second-order valence-corrected chi connectivity index (χ2v) is 10.8. The first-order chi connectivity index (χ1) is 14.9. The Morgan fingerprint density at radius 2 is 1.77 bits per heavy atom. The highest BCUT2D eigenvalue weighted by molar-refractivity contribution is 7.85. The van der Waals surface area contributed by atoms with Crippen LogP contribution in [0.5, 0.6) is 0 Å². The van der Waals surface area contributed by atoms with Crippen LogP contribution in [0, 0.1) is 11.8 Å².